The van der Waals surface area contributed by atoms with Crippen molar-refractivity contribution in [3.8, 4) is 0 Å². The number of piperidine rings is 1. The molecule has 0 bridgehead atoms. The van der Waals surface area contributed by atoms with E-state index in [1.807, 2.05) is 0 Å². The summed E-state index contributed by atoms with van der Waals surface area (Å²) < 4.78 is 5.80. The summed E-state index contributed by atoms with van der Waals surface area (Å²) in [4.78, 5) is 2.69. The highest BCUT2D eigenvalue weighted by molar-refractivity contribution is 4.86. The minimum atomic E-state index is 0.504. The van der Waals surface area contributed by atoms with Crippen LogP contribution in [0.4, 0.5) is 0 Å². The second-order valence-corrected chi connectivity index (χ2v) is 5.94. The van der Waals surface area contributed by atoms with Crippen LogP contribution in [0.5, 0.6) is 0 Å². The van der Waals surface area contributed by atoms with E-state index in [1.54, 1.807) is 0 Å². The predicted octanol–water partition coefficient (Wildman–Crippen LogP) is 2.41. The Labute approximate surface area is 112 Å². The van der Waals surface area contributed by atoms with E-state index < -0.39 is 0 Å². The van der Waals surface area contributed by atoms with Crippen molar-refractivity contribution in [2.24, 2.45) is 0 Å². The summed E-state index contributed by atoms with van der Waals surface area (Å²) in [5.41, 5.74) is 0. The zero-order valence-electron chi connectivity index (χ0n) is 12.2. The van der Waals surface area contributed by atoms with Crippen molar-refractivity contribution < 1.29 is 4.74 Å². The summed E-state index contributed by atoms with van der Waals surface area (Å²) in [7, 11) is 0. The summed E-state index contributed by atoms with van der Waals surface area (Å²) in [6.07, 6.45) is 8.36. The van der Waals surface area contributed by atoms with E-state index in [1.165, 1.54) is 45.1 Å². The standard InChI is InChI=1S/C15H30N2O/c1-3-9-16-13(2)15-8-4-5-10-17(15)12-14-7-6-11-18-14/h13-16H,3-12H2,1-2H3. The van der Waals surface area contributed by atoms with Crippen molar-refractivity contribution >= 4 is 0 Å². The molecule has 0 amide bonds. The average molecular weight is 254 g/mol. The molecule has 2 fully saturated rings. The first kappa shape index (κ1) is 14.3. The van der Waals surface area contributed by atoms with Crippen LogP contribution in [0, 0.1) is 0 Å². The monoisotopic (exact) mass is 254 g/mol. The fraction of sp³-hybridized carbons (Fsp3) is 1.00. The van der Waals surface area contributed by atoms with E-state index in [9.17, 15) is 0 Å². The minimum Gasteiger partial charge on any atom is -0.377 e. The van der Waals surface area contributed by atoms with E-state index in [-0.39, 0.29) is 0 Å². The van der Waals surface area contributed by atoms with E-state index >= 15 is 0 Å². The van der Waals surface area contributed by atoms with Crippen molar-refractivity contribution in [3.05, 3.63) is 0 Å². The normalized spacial score (nSPS) is 31.7. The second-order valence-electron chi connectivity index (χ2n) is 5.94. The zero-order valence-corrected chi connectivity index (χ0v) is 12.2. The fourth-order valence-corrected chi connectivity index (χ4v) is 3.37. The molecule has 0 spiro atoms. The predicted molar refractivity (Wildman–Crippen MR) is 75.9 cm³/mol. The Hall–Kier alpha value is -0.120. The Morgan fingerprint density at radius 3 is 2.89 bits per heavy atom. The van der Waals surface area contributed by atoms with Gasteiger partial charge in [0.25, 0.3) is 0 Å². The lowest BCUT2D eigenvalue weighted by atomic mass is 9.95. The number of rotatable bonds is 6. The molecule has 0 aromatic heterocycles. The Bertz CT molecular complexity index is 229. The number of nitrogens with zero attached hydrogens (tertiary/aromatic N) is 1. The van der Waals surface area contributed by atoms with Crippen molar-refractivity contribution in [2.45, 2.75) is 70.6 Å². The molecule has 106 valence electrons. The lowest BCUT2D eigenvalue weighted by Crippen LogP contribution is -2.53. The van der Waals surface area contributed by atoms with Crippen LogP contribution >= 0.6 is 0 Å². The number of likely N-dealkylation sites (tertiary alicyclic amines) is 1. The van der Waals surface area contributed by atoms with Crippen LogP contribution in [0.1, 0.15) is 52.4 Å². The third-order valence-corrected chi connectivity index (χ3v) is 4.42. The van der Waals surface area contributed by atoms with Crippen molar-refractivity contribution in [2.75, 3.05) is 26.2 Å². The number of hydrogen-bond donors (Lipinski definition) is 1. The molecule has 1 N–H and O–H groups in total. The van der Waals surface area contributed by atoms with Crippen LogP contribution in [0.15, 0.2) is 0 Å². The van der Waals surface area contributed by atoms with Crippen molar-refractivity contribution in [1.29, 1.82) is 0 Å². The van der Waals surface area contributed by atoms with Crippen LogP contribution in [0.2, 0.25) is 0 Å². The molecular weight excluding hydrogens is 224 g/mol. The third kappa shape index (κ3) is 3.94. The molecule has 3 heteroatoms. The second kappa shape index (κ2) is 7.46. The molecule has 3 unspecified atom stereocenters. The Kier molecular flexibility index (Phi) is 5.93. The molecule has 2 aliphatic heterocycles. The van der Waals surface area contributed by atoms with Crippen molar-refractivity contribution in [3.63, 3.8) is 0 Å². The summed E-state index contributed by atoms with van der Waals surface area (Å²) >= 11 is 0. The molecule has 2 rings (SSSR count). The van der Waals surface area contributed by atoms with Gasteiger partial charge >= 0.3 is 0 Å². The van der Waals surface area contributed by atoms with Gasteiger partial charge in [-0.2, -0.15) is 0 Å². The molecule has 2 heterocycles. The summed E-state index contributed by atoms with van der Waals surface area (Å²) in [5, 5.41) is 3.67. The van der Waals surface area contributed by atoms with Crippen LogP contribution < -0.4 is 5.32 Å². The van der Waals surface area contributed by atoms with Gasteiger partial charge in [0.05, 0.1) is 6.10 Å². The van der Waals surface area contributed by atoms with Gasteiger partial charge in [0.1, 0.15) is 0 Å². The van der Waals surface area contributed by atoms with Gasteiger partial charge in [-0.05, 0) is 52.1 Å². The average Bonchev–Trinajstić information content (AvgIpc) is 2.89. The van der Waals surface area contributed by atoms with E-state index in [4.69, 9.17) is 4.74 Å². The first-order chi connectivity index (χ1) is 8.81. The fourth-order valence-electron chi connectivity index (χ4n) is 3.37. The summed E-state index contributed by atoms with van der Waals surface area (Å²) in [6.45, 7) is 9.14. The molecule has 2 aliphatic rings. The van der Waals surface area contributed by atoms with Crippen LogP contribution in [0.25, 0.3) is 0 Å². The molecule has 2 saturated heterocycles. The maximum Gasteiger partial charge on any atom is 0.0702 e. The lowest BCUT2D eigenvalue weighted by molar-refractivity contribution is 0.0356. The first-order valence-corrected chi connectivity index (χ1v) is 7.90. The highest BCUT2D eigenvalue weighted by atomic mass is 16.5. The van der Waals surface area contributed by atoms with Gasteiger partial charge in [-0.25, -0.2) is 0 Å². The molecule has 0 aliphatic carbocycles. The molecular formula is C15H30N2O. The maximum absolute atomic E-state index is 5.80. The molecule has 0 radical (unpaired) electrons. The Morgan fingerprint density at radius 2 is 2.17 bits per heavy atom. The third-order valence-electron chi connectivity index (χ3n) is 4.42. The Morgan fingerprint density at radius 1 is 1.28 bits per heavy atom. The zero-order chi connectivity index (χ0) is 12.8. The van der Waals surface area contributed by atoms with E-state index in [0.717, 1.165) is 25.7 Å². The number of hydrogen-bond acceptors (Lipinski definition) is 3. The van der Waals surface area contributed by atoms with Gasteiger partial charge in [-0.15, -0.1) is 0 Å². The van der Waals surface area contributed by atoms with Gasteiger partial charge in [0, 0.05) is 25.2 Å². The first-order valence-electron chi connectivity index (χ1n) is 7.90. The van der Waals surface area contributed by atoms with Gasteiger partial charge in [-0.3, -0.25) is 4.90 Å². The molecule has 3 atom stereocenters. The lowest BCUT2D eigenvalue weighted by Gasteiger charge is -2.40. The van der Waals surface area contributed by atoms with Gasteiger partial charge in [0.15, 0.2) is 0 Å². The highest BCUT2D eigenvalue weighted by Crippen LogP contribution is 2.23. The molecule has 0 aromatic carbocycles. The van der Waals surface area contributed by atoms with Gasteiger partial charge in [-0.1, -0.05) is 13.3 Å². The van der Waals surface area contributed by atoms with Gasteiger partial charge in [0.2, 0.25) is 0 Å². The molecule has 0 saturated carbocycles. The van der Waals surface area contributed by atoms with E-state index in [2.05, 4.69) is 24.1 Å². The molecule has 18 heavy (non-hydrogen) atoms. The molecule has 0 aromatic rings. The van der Waals surface area contributed by atoms with Crippen LogP contribution in [0.3, 0.4) is 0 Å². The minimum absolute atomic E-state index is 0.504. The Balaban J connectivity index is 1.83. The number of nitrogens with one attached hydrogen (secondary N) is 1. The van der Waals surface area contributed by atoms with Crippen molar-refractivity contribution in [1.82, 2.24) is 10.2 Å². The largest absolute Gasteiger partial charge is 0.377 e. The SMILES string of the molecule is CCCNC(C)C1CCCCN1CC1CCCO1. The van der Waals surface area contributed by atoms with Crippen LogP contribution in [-0.2, 0) is 4.74 Å². The molecule has 3 nitrogen and oxygen atoms in total. The quantitative estimate of drug-likeness (QED) is 0.788. The maximum atomic E-state index is 5.80. The smallest absolute Gasteiger partial charge is 0.0702 e. The number of ether oxygens (including phenoxy) is 1. The van der Waals surface area contributed by atoms with Gasteiger partial charge < -0.3 is 10.1 Å². The summed E-state index contributed by atoms with van der Waals surface area (Å²) in [5.74, 6) is 0. The topological polar surface area (TPSA) is 24.5 Å². The summed E-state index contributed by atoms with van der Waals surface area (Å²) in [6, 6.07) is 1.33. The van der Waals surface area contributed by atoms with E-state index in [0.29, 0.717) is 12.1 Å². The highest BCUT2D eigenvalue weighted by Gasteiger charge is 2.29. The van der Waals surface area contributed by atoms with Crippen LogP contribution in [-0.4, -0.2) is 49.3 Å².